The van der Waals surface area contributed by atoms with Gasteiger partial charge in [-0.3, -0.25) is 0 Å². The van der Waals surface area contributed by atoms with Gasteiger partial charge in [0, 0.05) is 17.5 Å². The Bertz CT molecular complexity index is 791. The van der Waals surface area contributed by atoms with Crippen molar-refractivity contribution in [2.45, 2.75) is 0 Å². The molecule has 1 N–H and O–H groups in total. The highest BCUT2D eigenvalue weighted by Crippen LogP contribution is 2.38. The zero-order valence-electron chi connectivity index (χ0n) is 10.8. The van der Waals surface area contributed by atoms with Gasteiger partial charge in [-0.2, -0.15) is 5.11 Å². The molecule has 5 heteroatoms. The molecule has 0 unspecified atom stereocenters. The van der Waals surface area contributed by atoms with Gasteiger partial charge in [-0.05, 0) is 30.3 Å². The SMILES string of the molecule is Cn1c(O)c(N=Nc2ccc(Cl)cc2)c2ccccc21. The maximum absolute atomic E-state index is 10.1. The fourth-order valence-electron chi connectivity index (χ4n) is 2.07. The quantitative estimate of drug-likeness (QED) is 0.665. The number of para-hydroxylation sites is 1. The average Bonchev–Trinajstić information content (AvgIpc) is 2.71. The average molecular weight is 286 g/mol. The van der Waals surface area contributed by atoms with E-state index >= 15 is 0 Å². The summed E-state index contributed by atoms with van der Waals surface area (Å²) in [6, 6.07) is 14.7. The Labute approximate surface area is 120 Å². The summed E-state index contributed by atoms with van der Waals surface area (Å²) in [4.78, 5) is 0. The summed E-state index contributed by atoms with van der Waals surface area (Å²) < 4.78 is 1.69. The van der Waals surface area contributed by atoms with Gasteiger partial charge in [-0.15, -0.1) is 5.11 Å². The molecule has 0 saturated heterocycles. The van der Waals surface area contributed by atoms with Crippen molar-refractivity contribution in [1.82, 2.24) is 4.57 Å². The number of aromatic nitrogens is 1. The van der Waals surface area contributed by atoms with Crippen LogP contribution in [0.25, 0.3) is 10.9 Å². The Balaban J connectivity index is 2.06. The van der Waals surface area contributed by atoms with Crippen molar-refractivity contribution in [2.75, 3.05) is 0 Å². The predicted molar refractivity (Wildman–Crippen MR) is 80.2 cm³/mol. The highest BCUT2D eigenvalue weighted by molar-refractivity contribution is 6.30. The minimum atomic E-state index is 0.101. The number of fused-ring (bicyclic) bond motifs is 1. The second-order valence-corrected chi connectivity index (χ2v) is 4.86. The summed E-state index contributed by atoms with van der Waals surface area (Å²) >= 11 is 5.82. The van der Waals surface area contributed by atoms with E-state index in [1.807, 2.05) is 24.3 Å². The second kappa shape index (κ2) is 4.98. The number of hydrogen-bond donors (Lipinski definition) is 1. The molecule has 0 radical (unpaired) electrons. The summed E-state index contributed by atoms with van der Waals surface area (Å²) in [6.45, 7) is 0. The van der Waals surface area contributed by atoms with Crippen LogP contribution < -0.4 is 0 Å². The van der Waals surface area contributed by atoms with Gasteiger partial charge in [0.1, 0.15) is 0 Å². The number of benzene rings is 2. The van der Waals surface area contributed by atoms with Crippen LogP contribution in [0.1, 0.15) is 0 Å². The zero-order chi connectivity index (χ0) is 14.1. The molecule has 0 fully saturated rings. The van der Waals surface area contributed by atoms with Crippen LogP contribution in [0.3, 0.4) is 0 Å². The topological polar surface area (TPSA) is 49.9 Å². The van der Waals surface area contributed by atoms with E-state index < -0.39 is 0 Å². The van der Waals surface area contributed by atoms with Crippen LogP contribution in [0.15, 0.2) is 58.8 Å². The largest absolute Gasteiger partial charge is 0.493 e. The standard InChI is InChI=1S/C15H12ClN3O/c1-19-13-5-3-2-4-12(13)14(15(19)20)18-17-11-8-6-10(16)7-9-11/h2-9,20H,1H3. The first kappa shape index (κ1) is 12.7. The Morgan fingerprint density at radius 2 is 1.70 bits per heavy atom. The molecule has 1 heterocycles. The van der Waals surface area contributed by atoms with Crippen LogP contribution in [-0.2, 0) is 7.05 Å². The van der Waals surface area contributed by atoms with Gasteiger partial charge in [0.25, 0.3) is 0 Å². The van der Waals surface area contributed by atoms with E-state index in [1.165, 1.54) is 0 Å². The molecule has 4 nitrogen and oxygen atoms in total. The van der Waals surface area contributed by atoms with Gasteiger partial charge >= 0.3 is 0 Å². The Morgan fingerprint density at radius 3 is 2.45 bits per heavy atom. The summed E-state index contributed by atoms with van der Waals surface area (Å²) in [5.41, 5.74) is 2.06. The van der Waals surface area contributed by atoms with E-state index in [2.05, 4.69) is 10.2 Å². The van der Waals surface area contributed by atoms with E-state index in [0.29, 0.717) is 16.4 Å². The van der Waals surface area contributed by atoms with Crippen LogP contribution in [0.4, 0.5) is 11.4 Å². The molecule has 1 aromatic heterocycles. The van der Waals surface area contributed by atoms with Crippen molar-refractivity contribution in [3.8, 4) is 5.88 Å². The van der Waals surface area contributed by atoms with Crippen LogP contribution >= 0.6 is 11.6 Å². The molecular weight excluding hydrogens is 274 g/mol. The molecule has 0 aliphatic rings. The molecule has 0 bridgehead atoms. The fraction of sp³-hybridized carbons (Fsp3) is 0.0667. The zero-order valence-corrected chi connectivity index (χ0v) is 11.5. The number of nitrogens with zero attached hydrogens (tertiary/aromatic N) is 3. The van der Waals surface area contributed by atoms with E-state index in [4.69, 9.17) is 11.6 Å². The molecule has 20 heavy (non-hydrogen) atoms. The first-order chi connectivity index (χ1) is 9.66. The Morgan fingerprint density at radius 1 is 1.00 bits per heavy atom. The molecule has 100 valence electrons. The van der Waals surface area contributed by atoms with Crippen LogP contribution in [0.5, 0.6) is 5.88 Å². The number of aromatic hydroxyl groups is 1. The summed E-state index contributed by atoms with van der Waals surface area (Å²) in [5.74, 6) is 0.101. The first-order valence-electron chi connectivity index (χ1n) is 6.10. The van der Waals surface area contributed by atoms with E-state index in [0.717, 1.165) is 10.9 Å². The second-order valence-electron chi connectivity index (χ2n) is 4.42. The third-order valence-electron chi connectivity index (χ3n) is 3.14. The minimum Gasteiger partial charge on any atom is -0.493 e. The predicted octanol–water partition coefficient (Wildman–Crippen LogP) is 4.95. The Hall–Kier alpha value is -2.33. The van der Waals surface area contributed by atoms with Crippen molar-refractivity contribution in [1.29, 1.82) is 0 Å². The summed E-state index contributed by atoms with van der Waals surface area (Å²) in [7, 11) is 1.79. The van der Waals surface area contributed by atoms with E-state index in [9.17, 15) is 5.11 Å². The third-order valence-corrected chi connectivity index (χ3v) is 3.39. The van der Waals surface area contributed by atoms with Crippen LogP contribution in [0, 0.1) is 0 Å². The van der Waals surface area contributed by atoms with Crippen molar-refractivity contribution >= 4 is 33.9 Å². The van der Waals surface area contributed by atoms with Crippen molar-refractivity contribution in [3.63, 3.8) is 0 Å². The molecular formula is C15H12ClN3O. The van der Waals surface area contributed by atoms with Crippen molar-refractivity contribution in [3.05, 3.63) is 53.6 Å². The van der Waals surface area contributed by atoms with Gasteiger partial charge in [0.2, 0.25) is 5.88 Å². The molecule has 0 atom stereocenters. The third kappa shape index (κ3) is 2.14. The Kier molecular flexibility index (Phi) is 3.16. The molecule has 0 aliphatic heterocycles. The monoisotopic (exact) mass is 285 g/mol. The first-order valence-corrected chi connectivity index (χ1v) is 6.48. The van der Waals surface area contributed by atoms with Crippen LogP contribution in [-0.4, -0.2) is 9.67 Å². The fourth-order valence-corrected chi connectivity index (χ4v) is 2.20. The lowest BCUT2D eigenvalue weighted by atomic mass is 10.2. The van der Waals surface area contributed by atoms with Gasteiger partial charge in [-0.1, -0.05) is 29.8 Å². The maximum Gasteiger partial charge on any atom is 0.220 e. The number of rotatable bonds is 2. The molecule has 3 rings (SSSR count). The molecule has 0 aliphatic carbocycles. The van der Waals surface area contributed by atoms with Crippen LogP contribution in [0.2, 0.25) is 5.02 Å². The van der Waals surface area contributed by atoms with Gasteiger partial charge < -0.3 is 9.67 Å². The lowest BCUT2D eigenvalue weighted by Gasteiger charge is -1.95. The summed E-state index contributed by atoms with van der Waals surface area (Å²) in [5, 5.41) is 19.9. The van der Waals surface area contributed by atoms with Gasteiger partial charge in [0.05, 0.1) is 11.2 Å². The van der Waals surface area contributed by atoms with E-state index in [1.54, 1.807) is 35.9 Å². The van der Waals surface area contributed by atoms with Crippen molar-refractivity contribution < 1.29 is 5.11 Å². The minimum absolute atomic E-state index is 0.101. The summed E-state index contributed by atoms with van der Waals surface area (Å²) in [6.07, 6.45) is 0. The number of azo groups is 1. The lowest BCUT2D eigenvalue weighted by Crippen LogP contribution is -1.84. The smallest absolute Gasteiger partial charge is 0.220 e. The molecule has 0 amide bonds. The highest BCUT2D eigenvalue weighted by Gasteiger charge is 2.13. The molecule has 0 saturated carbocycles. The number of halogens is 1. The molecule has 3 aromatic rings. The maximum atomic E-state index is 10.1. The van der Waals surface area contributed by atoms with Gasteiger partial charge in [-0.25, -0.2) is 0 Å². The number of hydrogen-bond acceptors (Lipinski definition) is 3. The van der Waals surface area contributed by atoms with Crippen molar-refractivity contribution in [2.24, 2.45) is 17.3 Å². The normalized spacial score (nSPS) is 11.5. The molecule has 2 aromatic carbocycles. The van der Waals surface area contributed by atoms with Gasteiger partial charge in [0.15, 0.2) is 5.69 Å². The highest BCUT2D eigenvalue weighted by atomic mass is 35.5. The van der Waals surface area contributed by atoms with E-state index in [-0.39, 0.29) is 5.88 Å². The number of aryl methyl sites for hydroxylation is 1. The molecule has 0 spiro atoms. The lowest BCUT2D eigenvalue weighted by molar-refractivity contribution is 0.436.